The lowest BCUT2D eigenvalue weighted by atomic mass is 9.77. The molecular weight excluding hydrogens is 284 g/mol. The van der Waals surface area contributed by atoms with E-state index in [1.165, 1.54) is 41.9 Å². The van der Waals surface area contributed by atoms with Crippen molar-refractivity contribution in [3.63, 3.8) is 0 Å². The Morgan fingerprint density at radius 1 is 1.20 bits per heavy atom. The van der Waals surface area contributed by atoms with Gasteiger partial charge in [0, 0.05) is 22.0 Å². The lowest BCUT2D eigenvalue weighted by Gasteiger charge is -2.36. The maximum Gasteiger partial charge on any atom is 0.0922 e. The Hall–Kier alpha value is -0.120. The molecule has 1 aromatic rings. The van der Waals surface area contributed by atoms with E-state index in [-0.39, 0.29) is 6.10 Å². The summed E-state index contributed by atoms with van der Waals surface area (Å²) in [6, 6.07) is 8.61. The van der Waals surface area contributed by atoms with E-state index in [2.05, 4.69) is 31.2 Å². The average Bonchev–Trinajstić information content (AvgIpc) is 2.45. The fourth-order valence-corrected chi connectivity index (χ4v) is 6.41. The molecule has 110 valence electrons. The predicted molar refractivity (Wildman–Crippen MR) is 90.8 cm³/mol. The van der Waals surface area contributed by atoms with Crippen molar-refractivity contribution < 1.29 is 5.11 Å². The number of thioether (sulfide) groups is 2. The zero-order valence-corrected chi connectivity index (χ0v) is 13.8. The van der Waals surface area contributed by atoms with Crippen LogP contribution in [-0.4, -0.2) is 27.1 Å². The molecule has 2 aliphatic rings. The van der Waals surface area contributed by atoms with Crippen LogP contribution in [0.4, 0.5) is 0 Å². The lowest BCUT2D eigenvalue weighted by Crippen LogP contribution is -2.32. The molecule has 0 spiro atoms. The minimum Gasteiger partial charge on any atom is -0.387 e. The molecule has 0 aromatic heterocycles. The largest absolute Gasteiger partial charge is 0.387 e. The summed E-state index contributed by atoms with van der Waals surface area (Å²) >= 11 is 4.02. The van der Waals surface area contributed by atoms with Crippen LogP contribution < -0.4 is 0 Å². The van der Waals surface area contributed by atoms with Crippen LogP contribution in [0.15, 0.2) is 24.3 Å². The van der Waals surface area contributed by atoms with Gasteiger partial charge >= 0.3 is 0 Å². The van der Waals surface area contributed by atoms with Crippen LogP contribution in [-0.2, 0) is 0 Å². The van der Waals surface area contributed by atoms with Gasteiger partial charge in [0.05, 0.1) is 6.10 Å². The second-order valence-corrected chi connectivity index (χ2v) is 8.49. The van der Waals surface area contributed by atoms with Gasteiger partial charge in [-0.2, -0.15) is 23.5 Å². The fourth-order valence-electron chi connectivity index (χ4n) is 3.28. The number of hydrogen-bond acceptors (Lipinski definition) is 3. The Labute approximate surface area is 130 Å². The van der Waals surface area contributed by atoms with E-state index in [0.29, 0.717) is 16.4 Å². The number of aliphatic hydroxyl groups excluding tert-OH is 1. The Kier molecular flexibility index (Phi) is 5.00. The monoisotopic (exact) mass is 308 g/mol. The van der Waals surface area contributed by atoms with Crippen LogP contribution in [0.25, 0.3) is 0 Å². The maximum atomic E-state index is 11.0. The second kappa shape index (κ2) is 6.76. The molecule has 3 unspecified atom stereocenters. The molecule has 1 N–H and O–H groups in total. The molecule has 0 radical (unpaired) electrons. The number of aliphatic hydroxyl groups is 1. The molecule has 1 aromatic carbocycles. The van der Waals surface area contributed by atoms with Gasteiger partial charge in [-0.05, 0) is 36.3 Å². The topological polar surface area (TPSA) is 20.2 Å². The zero-order chi connectivity index (χ0) is 13.9. The quantitative estimate of drug-likeness (QED) is 0.877. The van der Waals surface area contributed by atoms with Gasteiger partial charge < -0.3 is 5.11 Å². The third-order valence-corrected chi connectivity index (χ3v) is 8.00. The first-order valence-corrected chi connectivity index (χ1v) is 9.91. The smallest absolute Gasteiger partial charge is 0.0922 e. The molecule has 3 rings (SSSR count). The Morgan fingerprint density at radius 2 is 1.95 bits per heavy atom. The minimum absolute atomic E-state index is 0.297. The summed E-state index contributed by atoms with van der Waals surface area (Å²) in [5, 5.41) is 11.9. The van der Waals surface area contributed by atoms with E-state index < -0.39 is 0 Å². The van der Waals surface area contributed by atoms with E-state index in [4.69, 9.17) is 0 Å². The number of hydrogen-bond donors (Lipinski definition) is 1. The predicted octanol–water partition coefficient (Wildman–Crippen LogP) is 4.61. The molecule has 1 saturated carbocycles. The number of rotatable bonds is 4. The summed E-state index contributed by atoms with van der Waals surface area (Å²) in [7, 11) is 0. The minimum atomic E-state index is -0.297. The van der Waals surface area contributed by atoms with Crippen molar-refractivity contribution in [3.05, 3.63) is 35.4 Å². The molecule has 1 heterocycles. The van der Waals surface area contributed by atoms with Crippen molar-refractivity contribution in [3.8, 4) is 0 Å². The highest BCUT2D eigenvalue weighted by atomic mass is 32.2. The molecule has 2 fully saturated rings. The molecule has 0 amide bonds. The van der Waals surface area contributed by atoms with Crippen molar-refractivity contribution >= 4 is 23.5 Å². The van der Waals surface area contributed by atoms with Crippen LogP contribution >= 0.6 is 23.5 Å². The average molecular weight is 309 g/mol. The van der Waals surface area contributed by atoms with Gasteiger partial charge in [-0.3, -0.25) is 0 Å². The first kappa shape index (κ1) is 14.8. The normalized spacial score (nSPS) is 28.9. The van der Waals surface area contributed by atoms with Gasteiger partial charge in [0.15, 0.2) is 0 Å². The third kappa shape index (κ3) is 2.90. The Bertz CT molecular complexity index is 444. The maximum absolute atomic E-state index is 11.0. The van der Waals surface area contributed by atoms with Crippen LogP contribution in [0.1, 0.15) is 55.8 Å². The van der Waals surface area contributed by atoms with Crippen LogP contribution in [0.2, 0.25) is 0 Å². The molecule has 0 bridgehead atoms. The van der Waals surface area contributed by atoms with Crippen molar-refractivity contribution in [2.45, 2.75) is 55.1 Å². The van der Waals surface area contributed by atoms with Gasteiger partial charge in [0.1, 0.15) is 0 Å². The third-order valence-electron chi connectivity index (χ3n) is 4.67. The standard InChI is InChI=1S/C17H24OS2/c1-2-15-17(20-11-10-19-15)16(18)14-9-4-3-8-13(14)12-6-5-7-12/h3-4,8-9,12,15-18H,2,5-7,10-11H2,1H3. The molecule has 20 heavy (non-hydrogen) atoms. The van der Waals surface area contributed by atoms with E-state index >= 15 is 0 Å². The molecule has 1 nitrogen and oxygen atoms in total. The SMILES string of the molecule is CCC1SCCSC1C(O)c1ccccc1C1CCC1. The molecule has 1 saturated heterocycles. The second-order valence-electron chi connectivity index (χ2n) is 5.85. The lowest BCUT2D eigenvalue weighted by molar-refractivity contribution is 0.169. The number of benzene rings is 1. The summed E-state index contributed by atoms with van der Waals surface area (Å²) in [6.07, 6.45) is 4.81. The first-order chi connectivity index (χ1) is 9.81. The highest BCUT2D eigenvalue weighted by Crippen LogP contribution is 2.44. The van der Waals surface area contributed by atoms with Gasteiger partial charge in [-0.25, -0.2) is 0 Å². The first-order valence-electron chi connectivity index (χ1n) is 7.81. The van der Waals surface area contributed by atoms with Gasteiger partial charge in [-0.15, -0.1) is 0 Å². The highest BCUT2D eigenvalue weighted by Gasteiger charge is 2.34. The highest BCUT2D eigenvalue weighted by molar-refractivity contribution is 8.07. The van der Waals surface area contributed by atoms with E-state index in [1.807, 2.05) is 23.5 Å². The van der Waals surface area contributed by atoms with Crippen LogP contribution in [0.5, 0.6) is 0 Å². The molecule has 1 aliphatic carbocycles. The van der Waals surface area contributed by atoms with Gasteiger partial charge in [0.2, 0.25) is 0 Å². The summed E-state index contributed by atoms with van der Waals surface area (Å²) in [4.78, 5) is 0. The van der Waals surface area contributed by atoms with Crippen molar-refractivity contribution in [1.82, 2.24) is 0 Å². The summed E-state index contributed by atoms with van der Waals surface area (Å²) < 4.78 is 0. The molecule has 3 heteroatoms. The summed E-state index contributed by atoms with van der Waals surface area (Å²) in [6.45, 7) is 2.25. The van der Waals surface area contributed by atoms with Crippen molar-refractivity contribution in [1.29, 1.82) is 0 Å². The molecular formula is C17H24OS2. The van der Waals surface area contributed by atoms with Crippen LogP contribution in [0.3, 0.4) is 0 Å². The zero-order valence-electron chi connectivity index (χ0n) is 12.1. The molecule has 1 aliphatic heterocycles. The Balaban J connectivity index is 1.83. The van der Waals surface area contributed by atoms with Gasteiger partial charge in [-0.1, -0.05) is 37.6 Å². The summed E-state index contributed by atoms with van der Waals surface area (Å²) in [5.41, 5.74) is 2.62. The van der Waals surface area contributed by atoms with E-state index in [0.717, 1.165) is 6.42 Å². The van der Waals surface area contributed by atoms with Crippen molar-refractivity contribution in [2.24, 2.45) is 0 Å². The van der Waals surface area contributed by atoms with Crippen molar-refractivity contribution in [2.75, 3.05) is 11.5 Å². The van der Waals surface area contributed by atoms with Gasteiger partial charge in [0.25, 0.3) is 0 Å². The van der Waals surface area contributed by atoms with E-state index in [9.17, 15) is 5.11 Å². The Morgan fingerprint density at radius 3 is 2.65 bits per heavy atom. The fraction of sp³-hybridized carbons (Fsp3) is 0.647. The van der Waals surface area contributed by atoms with Crippen LogP contribution in [0, 0.1) is 0 Å². The summed E-state index contributed by atoms with van der Waals surface area (Å²) in [5.74, 6) is 3.10. The molecule has 3 atom stereocenters. The van der Waals surface area contributed by atoms with E-state index in [1.54, 1.807) is 0 Å².